The Morgan fingerprint density at radius 2 is 1.90 bits per heavy atom. The van der Waals surface area contributed by atoms with E-state index >= 15 is 0 Å². The van der Waals surface area contributed by atoms with Crippen molar-refractivity contribution in [1.29, 1.82) is 0 Å². The van der Waals surface area contributed by atoms with Crippen LogP contribution < -0.4 is 10.1 Å². The average Bonchev–Trinajstić information content (AvgIpc) is 2.70. The quantitative estimate of drug-likeness (QED) is 0.677. The number of carbonyl (C=O) groups is 1. The zero-order chi connectivity index (χ0) is 21.2. The van der Waals surface area contributed by atoms with Gasteiger partial charge < -0.3 is 10.1 Å². The lowest BCUT2D eigenvalue weighted by Crippen LogP contribution is -2.43. The predicted molar refractivity (Wildman–Crippen MR) is 115 cm³/mol. The van der Waals surface area contributed by atoms with Crippen molar-refractivity contribution in [2.75, 3.05) is 25.5 Å². The highest BCUT2D eigenvalue weighted by Gasteiger charge is 2.35. The Bertz CT molecular complexity index is 1030. The van der Waals surface area contributed by atoms with E-state index in [1.807, 2.05) is 0 Å². The van der Waals surface area contributed by atoms with Crippen molar-refractivity contribution in [2.24, 2.45) is 5.92 Å². The second-order valence-corrected chi connectivity index (χ2v) is 9.77. The molecule has 29 heavy (non-hydrogen) atoms. The van der Waals surface area contributed by atoms with Crippen LogP contribution in [0, 0.1) is 5.92 Å². The van der Waals surface area contributed by atoms with Gasteiger partial charge in [0, 0.05) is 23.8 Å². The Labute approximate surface area is 184 Å². The van der Waals surface area contributed by atoms with E-state index in [0.29, 0.717) is 35.1 Å². The van der Waals surface area contributed by atoms with Gasteiger partial charge in [-0.15, -0.1) is 0 Å². The fourth-order valence-corrected chi connectivity index (χ4v) is 5.42. The number of anilines is 1. The van der Waals surface area contributed by atoms with Crippen molar-refractivity contribution in [3.05, 3.63) is 51.5 Å². The molecule has 1 aliphatic heterocycles. The average molecular weight is 478 g/mol. The van der Waals surface area contributed by atoms with E-state index in [-0.39, 0.29) is 28.1 Å². The molecular formula is C19H19Cl3N2O4S. The van der Waals surface area contributed by atoms with Crippen molar-refractivity contribution < 1.29 is 17.9 Å². The van der Waals surface area contributed by atoms with Crippen molar-refractivity contribution >= 4 is 56.4 Å². The van der Waals surface area contributed by atoms with Gasteiger partial charge in [-0.2, -0.15) is 4.31 Å². The van der Waals surface area contributed by atoms with Crippen LogP contribution in [0.5, 0.6) is 5.75 Å². The highest BCUT2D eigenvalue weighted by Crippen LogP contribution is 2.32. The number of hydrogen-bond acceptors (Lipinski definition) is 4. The van der Waals surface area contributed by atoms with Crippen LogP contribution in [0.2, 0.25) is 15.1 Å². The number of amides is 1. The fourth-order valence-electron chi connectivity index (χ4n) is 3.18. The summed E-state index contributed by atoms with van der Waals surface area (Å²) in [6, 6.07) is 9.20. The number of carbonyl (C=O) groups excluding carboxylic acids is 1. The Balaban J connectivity index is 1.78. The molecule has 1 heterocycles. The van der Waals surface area contributed by atoms with Crippen LogP contribution in [0.4, 0.5) is 5.69 Å². The second-order valence-electron chi connectivity index (χ2n) is 6.62. The van der Waals surface area contributed by atoms with Gasteiger partial charge in [-0.25, -0.2) is 8.42 Å². The van der Waals surface area contributed by atoms with Crippen molar-refractivity contribution in [3.63, 3.8) is 0 Å². The van der Waals surface area contributed by atoms with Gasteiger partial charge in [0.15, 0.2) is 0 Å². The number of ether oxygens (including phenoxy) is 1. The fraction of sp³-hybridized carbons (Fsp3) is 0.316. The molecular weight excluding hydrogens is 459 g/mol. The number of piperidine rings is 1. The molecule has 1 amide bonds. The molecule has 1 saturated heterocycles. The first-order valence-electron chi connectivity index (χ1n) is 8.82. The zero-order valence-electron chi connectivity index (χ0n) is 15.5. The van der Waals surface area contributed by atoms with Gasteiger partial charge >= 0.3 is 0 Å². The van der Waals surface area contributed by atoms with Crippen molar-refractivity contribution in [1.82, 2.24) is 4.31 Å². The first-order chi connectivity index (χ1) is 13.7. The molecule has 2 aromatic carbocycles. The van der Waals surface area contributed by atoms with E-state index in [9.17, 15) is 13.2 Å². The van der Waals surface area contributed by atoms with Gasteiger partial charge in [-0.1, -0.05) is 34.8 Å². The molecule has 10 heteroatoms. The van der Waals surface area contributed by atoms with Gasteiger partial charge in [0.1, 0.15) is 10.6 Å². The van der Waals surface area contributed by atoms with Crippen molar-refractivity contribution in [2.45, 2.75) is 17.7 Å². The topological polar surface area (TPSA) is 75.7 Å². The minimum absolute atomic E-state index is 0.0157. The molecule has 6 nitrogen and oxygen atoms in total. The second kappa shape index (κ2) is 9.10. The number of sulfonamides is 1. The summed E-state index contributed by atoms with van der Waals surface area (Å²) >= 11 is 17.9. The molecule has 0 spiro atoms. The lowest BCUT2D eigenvalue weighted by Gasteiger charge is -2.31. The lowest BCUT2D eigenvalue weighted by molar-refractivity contribution is -0.120. The first-order valence-corrected chi connectivity index (χ1v) is 11.4. The normalized spacial score (nSPS) is 17.7. The molecule has 0 bridgehead atoms. The molecule has 0 aromatic heterocycles. The van der Waals surface area contributed by atoms with Gasteiger partial charge in [-0.3, -0.25) is 4.79 Å². The molecule has 0 unspecified atom stereocenters. The third kappa shape index (κ3) is 4.98. The summed E-state index contributed by atoms with van der Waals surface area (Å²) in [5.74, 6) is -0.573. The molecule has 0 aliphatic carbocycles. The molecule has 156 valence electrons. The summed E-state index contributed by atoms with van der Waals surface area (Å²) < 4.78 is 32.8. The molecule has 2 aromatic rings. The summed E-state index contributed by atoms with van der Waals surface area (Å²) in [7, 11) is -2.48. The number of hydrogen-bond donors (Lipinski definition) is 1. The summed E-state index contributed by atoms with van der Waals surface area (Å²) in [5.41, 5.74) is 0.501. The minimum Gasteiger partial charge on any atom is -0.495 e. The molecule has 0 radical (unpaired) electrons. The van der Waals surface area contributed by atoms with Crippen LogP contribution in [-0.2, 0) is 14.8 Å². The third-order valence-corrected chi connectivity index (χ3v) is 7.55. The van der Waals surface area contributed by atoms with E-state index < -0.39 is 15.9 Å². The van der Waals surface area contributed by atoms with Crippen LogP contribution in [0.3, 0.4) is 0 Å². The highest BCUT2D eigenvalue weighted by molar-refractivity contribution is 7.89. The van der Waals surface area contributed by atoms with Gasteiger partial charge in [0.2, 0.25) is 15.9 Å². The molecule has 1 atom stereocenters. The van der Waals surface area contributed by atoms with E-state index in [0.717, 1.165) is 0 Å². The maximum atomic E-state index is 13.2. The van der Waals surface area contributed by atoms with Crippen LogP contribution in [0.1, 0.15) is 12.8 Å². The summed E-state index contributed by atoms with van der Waals surface area (Å²) in [6.07, 6.45) is 1.13. The Morgan fingerprint density at radius 3 is 2.59 bits per heavy atom. The van der Waals surface area contributed by atoms with Gasteiger partial charge in [0.25, 0.3) is 0 Å². The van der Waals surface area contributed by atoms with Crippen LogP contribution in [0.25, 0.3) is 0 Å². The Morgan fingerprint density at radius 1 is 1.14 bits per heavy atom. The van der Waals surface area contributed by atoms with Crippen LogP contribution >= 0.6 is 34.8 Å². The number of nitrogens with zero attached hydrogens (tertiary/aromatic N) is 1. The first kappa shape index (κ1) is 22.2. The lowest BCUT2D eigenvalue weighted by atomic mass is 9.99. The number of benzene rings is 2. The van der Waals surface area contributed by atoms with Gasteiger partial charge in [-0.05, 0) is 49.2 Å². The summed E-state index contributed by atoms with van der Waals surface area (Å²) in [6.45, 7) is 0.375. The molecule has 3 rings (SSSR count). The van der Waals surface area contributed by atoms with E-state index in [1.54, 1.807) is 24.3 Å². The number of halogens is 3. The zero-order valence-corrected chi connectivity index (χ0v) is 18.6. The monoisotopic (exact) mass is 476 g/mol. The number of rotatable bonds is 5. The van der Waals surface area contributed by atoms with E-state index in [4.69, 9.17) is 39.5 Å². The Kier molecular flexibility index (Phi) is 6.96. The largest absolute Gasteiger partial charge is 0.495 e. The van der Waals surface area contributed by atoms with Gasteiger partial charge in [0.05, 0.1) is 23.1 Å². The predicted octanol–water partition coefficient (Wildman–Crippen LogP) is 4.69. The van der Waals surface area contributed by atoms with Crippen molar-refractivity contribution in [3.8, 4) is 5.75 Å². The standard InChI is InChI=1S/C19H19Cl3N2O4S/c1-28-17-7-4-13(20)9-18(17)29(26,27)24-8-2-3-12(11-24)19(25)23-14-5-6-15(21)16(22)10-14/h4-7,9-10,12H,2-3,8,11H2,1H3,(H,23,25)/t12-/m0/s1. The minimum atomic E-state index is -3.87. The van der Waals surface area contributed by atoms with E-state index in [1.165, 1.54) is 23.5 Å². The van der Waals surface area contributed by atoms with Crippen LogP contribution in [0.15, 0.2) is 41.3 Å². The highest BCUT2D eigenvalue weighted by atomic mass is 35.5. The van der Waals surface area contributed by atoms with Crippen LogP contribution in [-0.4, -0.2) is 38.8 Å². The molecule has 1 N–H and O–H groups in total. The molecule has 1 fully saturated rings. The number of methoxy groups -OCH3 is 1. The smallest absolute Gasteiger partial charge is 0.246 e. The molecule has 1 aliphatic rings. The maximum absolute atomic E-state index is 13.2. The SMILES string of the molecule is COc1ccc(Cl)cc1S(=O)(=O)N1CCC[C@H](C(=O)Nc2ccc(Cl)c(Cl)c2)C1. The maximum Gasteiger partial charge on any atom is 0.246 e. The summed E-state index contributed by atoms with van der Waals surface area (Å²) in [5, 5.41) is 3.77. The molecule has 0 saturated carbocycles. The van der Waals surface area contributed by atoms with E-state index in [2.05, 4.69) is 5.32 Å². The number of nitrogens with one attached hydrogen (secondary N) is 1. The summed E-state index contributed by atoms with van der Waals surface area (Å²) in [4.78, 5) is 12.7. The third-order valence-electron chi connectivity index (χ3n) is 4.69. The Hall–Kier alpha value is -1.51.